The van der Waals surface area contributed by atoms with Crippen molar-refractivity contribution in [3.05, 3.63) is 0 Å². The summed E-state index contributed by atoms with van der Waals surface area (Å²) in [5, 5.41) is 9.96. The molecule has 1 N–H and O–H groups in total. The number of aliphatic hydroxyl groups excluding tert-OH is 1. The molecule has 0 amide bonds. The fourth-order valence-corrected chi connectivity index (χ4v) is 2.55. The maximum Gasteiger partial charge on any atom is 0.303 e. The van der Waals surface area contributed by atoms with Crippen molar-refractivity contribution in [2.75, 3.05) is 7.11 Å². The lowest BCUT2D eigenvalue weighted by molar-refractivity contribution is -0.173. The third-order valence-electron chi connectivity index (χ3n) is 3.16. The van der Waals surface area contributed by atoms with Crippen LogP contribution in [0, 0.1) is 0 Å². The van der Waals surface area contributed by atoms with E-state index in [-0.39, 0.29) is 0 Å². The van der Waals surface area contributed by atoms with Gasteiger partial charge in [0.2, 0.25) is 0 Å². The molecule has 7 heteroatoms. The van der Waals surface area contributed by atoms with E-state index in [1.165, 1.54) is 21.0 Å². The minimum atomic E-state index is -0.976. The van der Waals surface area contributed by atoms with Crippen LogP contribution in [0.2, 0.25) is 0 Å². The van der Waals surface area contributed by atoms with Crippen molar-refractivity contribution in [3.8, 4) is 0 Å². The van der Waals surface area contributed by atoms with Crippen LogP contribution < -0.4 is 0 Å². The average molecular weight is 260 g/mol. The SMILES string of the molecule is CO[C@H]1C(OC(C)=O)C2O[C@H]1C(O)C2OC(C)=O. The molecule has 7 nitrogen and oxygen atoms in total. The molecule has 4 unspecified atom stereocenters. The van der Waals surface area contributed by atoms with Crippen molar-refractivity contribution in [3.63, 3.8) is 0 Å². The number of rotatable bonds is 3. The van der Waals surface area contributed by atoms with Gasteiger partial charge in [-0.1, -0.05) is 0 Å². The van der Waals surface area contributed by atoms with Crippen LogP contribution in [-0.4, -0.2) is 60.8 Å². The molecule has 2 saturated heterocycles. The van der Waals surface area contributed by atoms with Gasteiger partial charge < -0.3 is 24.1 Å². The molecular formula is C11H16O7. The first kappa shape index (κ1) is 13.3. The largest absolute Gasteiger partial charge is 0.457 e. The Hall–Kier alpha value is -1.18. The van der Waals surface area contributed by atoms with Gasteiger partial charge in [0.05, 0.1) is 0 Å². The Kier molecular flexibility index (Phi) is 3.56. The maximum atomic E-state index is 11.0. The Balaban J connectivity index is 2.16. The van der Waals surface area contributed by atoms with E-state index < -0.39 is 48.6 Å². The predicted molar refractivity (Wildman–Crippen MR) is 56.6 cm³/mol. The summed E-state index contributed by atoms with van der Waals surface area (Å²) in [7, 11) is 1.44. The van der Waals surface area contributed by atoms with Gasteiger partial charge in [0.15, 0.2) is 12.2 Å². The van der Waals surface area contributed by atoms with E-state index in [4.69, 9.17) is 18.9 Å². The van der Waals surface area contributed by atoms with Crippen LogP contribution in [0.15, 0.2) is 0 Å². The molecule has 0 saturated carbocycles. The third kappa shape index (κ3) is 2.09. The Bertz CT molecular complexity index is 355. The fourth-order valence-electron chi connectivity index (χ4n) is 2.55. The smallest absolute Gasteiger partial charge is 0.303 e. The zero-order valence-corrected chi connectivity index (χ0v) is 10.4. The number of fused-ring (bicyclic) bond motifs is 2. The minimum Gasteiger partial charge on any atom is -0.457 e. The molecule has 102 valence electrons. The number of carbonyl (C=O) groups is 2. The van der Waals surface area contributed by atoms with Gasteiger partial charge in [0.1, 0.15) is 24.4 Å². The standard InChI is InChI=1S/C11H16O7/c1-4(12)16-8-6(14)7-9(15-3)11(10(8)18-7)17-5(2)13/h6-11,14H,1-3H3/t6?,7-,8?,9+,10?,11?/m0/s1. The molecule has 2 bridgehead atoms. The lowest BCUT2D eigenvalue weighted by Gasteiger charge is -2.33. The molecule has 2 aliphatic heterocycles. The van der Waals surface area contributed by atoms with Crippen LogP contribution >= 0.6 is 0 Å². The zero-order valence-electron chi connectivity index (χ0n) is 10.4. The van der Waals surface area contributed by atoms with Crippen LogP contribution in [0.3, 0.4) is 0 Å². The van der Waals surface area contributed by atoms with Crippen LogP contribution in [-0.2, 0) is 28.5 Å². The van der Waals surface area contributed by atoms with Gasteiger partial charge in [-0.3, -0.25) is 9.59 Å². The van der Waals surface area contributed by atoms with Crippen molar-refractivity contribution in [2.24, 2.45) is 0 Å². The molecular weight excluding hydrogens is 244 g/mol. The maximum absolute atomic E-state index is 11.0. The summed E-state index contributed by atoms with van der Waals surface area (Å²) in [4.78, 5) is 22.0. The molecule has 18 heavy (non-hydrogen) atoms. The molecule has 2 aliphatic rings. The van der Waals surface area contributed by atoms with E-state index in [1.54, 1.807) is 0 Å². The van der Waals surface area contributed by atoms with E-state index in [0.717, 1.165) is 0 Å². The van der Waals surface area contributed by atoms with Gasteiger partial charge in [-0.25, -0.2) is 0 Å². The second kappa shape index (κ2) is 4.83. The Morgan fingerprint density at radius 3 is 2.06 bits per heavy atom. The average Bonchev–Trinajstić information content (AvgIpc) is 2.75. The minimum absolute atomic E-state index is 0.478. The number of esters is 2. The number of aliphatic hydroxyl groups is 1. The van der Waals surface area contributed by atoms with E-state index in [2.05, 4.69) is 0 Å². The summed E-state index contributed by atoms with van der Waals surface area (Å²) in [6.45, 7) is 2.52. The highest BCUT2D eigenvalue weighted by molar-refractivity contribution is 5.67. The Labute approximate surface area is 104 Å². The summed E-state index contributed by atoms with van der Waals surface area (Å²) in [6.07, 6.45) is -4.39. The lowest BCUT2D eigenvalue weighted by atomic mass is 9.89. The van der Waals surface area contributed by atoms with Crippen LogP contribution in [0.1, 0.15) is 13.8 Å². The summed E-state index contributed by atoms with van der Waals surface area (Å²) >= 11 is 0. The molecule has 6 atom stereocenters. The highest BCUT2D eigenvalue weighted by atomic mass is 16.7. The van der Waals surface area contributed by atoms with Crippen LogP contribution in [0.25, 0.3) is 0 Å². The van der Waals surface area contributed by atoms with Crippen LogP contribution in [0.5, 0.6) is 0 Å². The van der Waals surface area contributed by atoms with E-state index >= 15 is 0 Å². The van der Waals surface area contributed by atoms with Gasteiger partial charge >= 0.3 is 11.9 Å². The Morgan fingerprint density at radius 2 is 1.56 bits per heavy atom. The molecule has 0 radical (unpaired) electrons. The van der Waals surface area contributed by atoms with Crippen molar-refractivity contribution >= 4 is 11.9 Å². The van der Waals surface area contributed by atoms with E-state index in [0.29, 0.717) is 0 Å². The molecule has 0 spiro atoms. The van der Waals surface area contributed by atoms with E-state index in [9.17, 15) is 14.7 Å². The van der Waals surface area contributed by atoms with Crippen LogP contribution in [0.4, 0.5) is 0 Å². The van der Waals surface area contributed by atoms with Gasteiger partial charge in [-0.05, 0) is 0 Å². The van der Waals surface area contributed by atoms with Crippen molar-refractivity contribution < 1.29 is 33.6 Å². The summed E-state index contributed by atoms with van der Waals surface area (Å²) in [5.74, 6) is -1.000. The monoisotopic (exact) mass is 260 g/mol. The normalized spacial score (nSPS) is 41.8. The molecule has 2 rings (SSSR count). The van der Waals surface area contributed by atoms with Crippen molar-refractivity contribution in [1.82, 2.24) is 0 Å². The van der Waals surface area contributed by atoms with Gasteiger partial charge in [-0.2, -0.15) is 0 Å². The number of hydrogen-bond donors (Lipinski definition) is 1. The predicted octanol–water partition coefficient (Wildman–Crippen LogP) is -0.993. The van der Waals surface area contributed by atoms with E-state index in [1.807, 2.05) is 0 Å². The van der Waals surface area contributed by atoms with Gasteiger partial charge in [-0.15, -0.1) is 0 Å². The molecule has 0 aromatic carbocycles. The highest BCUT2D eigenvalue weighted by Crippen LogP contribution is 2.40. The third-order valence-corrected chi connectivity index (χ3v) is 3.16. The first-order valence-electron chi connectivity index (χ1n) is 5.66. The molecule has 0 aromatic rings. The molecule has 2 fully saturated rings. The zero-order chi connectivity index (χ0) is 13.4. The summed E-state index contributed by atoms with van der Waals surface area (Å²) in [5.41, 5.74) is 0. The van der Waals surface area contributed by atoms with Gasteiger partial charge in [0, 0.05) is 21.0 Å². The van der Waals surface area contributed by atoms with Crippen molar-refractivity contribution in [2.45, 2.75) is 50.5 Å². The Morgan fingerprint density at radius 1 is 1.00 bits per heavy atom. The topological polar surface area (TPSA) is 91.3 Å². The van der Waals surface area contributed by atoms with Crippen molar-refractivity contribution in [1.29, 1.82) is 0 Å². The lowest BCUT2D eigenvalue weighted by Crippen LogP contribution is -2.55. The number of ether oxygens (including phenoxy) is 4. The molecule has 2 heterocycles. The highest BCUT2D eigenvalue weighted by Gasteiger charge is 2.63. The second-order valence-electron chi connectivity index (χ2n) is 4.40. The quantitative estimate of drug-likeness (QED) is 0.651. The first-order chi connectivity index (χ1) is 8.45. The van der Waals surface area contributed by atoms with Gasteiger partial charge in [0.25, 0.3) is 0 Å². The number of carbonyl (C=O) groups excluding carboxylic acids is 2. The fraction of sp³-hybridized carbons (Fsp3) is 0.818. The number of hydrogen-bond acceptors (Lipinski definition) is 7. The second-order valence-corrected chi connectivity index (χ2v) is 4.40. The molecule has 0 aromatic heterocycles. The number of methoxy groups -OCH3 is 1. The molecule has 0 aliphatic carbocycles. The first-order valence-corrected chi connectivity index (χ1v) is 5.66. The summed E-state index contributed by atoms with van der Waals surface area (Å²) < 4.78 is 20.8. The summed E-state index contributed by atoms with van der Waals surface area (Å²) in [6, 6.07) is 0.